The first-order valence-electron chi connectivity index (χ1n) is 15.5. The number of fused-ring (bicyclic) bond motifs is 1. The Bertz CT molecular complexity index is 1510. The number of likely N-dealkylation sites (tertiary alicyclic amines) is 1. The first-order chi connectivity index (χ1) is 20.9. The summed E-state index contributed by atoms with van der Waals surface area (Å²) in [6.45, 7) is 12.8. The molecule has 4 aliphatic heterocycles. The molecule has 0 aliphatic carbocycles. The molecule has 2 fully saturated rings. The summed E-state index contributed by atoms with van der Waals surface area (Å²) in [5, 5.41) is 2.14. The van der Waals surface area contributed by atoms with Gasteiger partial charge >= 0.3 is 0 Å². The van der Waals surface area contributed by atoms with Gasteiger partial charge in [0.15, 0.2) is 5.17 Å². The zero-order valence-electron chi connectivity index (χ0n) is 26.3. The molecule has 2 aromatic rings. The van der Waals surface area contributed by atoms with Crippen LogP contribution in [0.3, 0.4) is 0 Å². The molecule has 0 radical (unpaired) electrons. The molecule has 4 aliphatic rings. The van der Waals surface area contributed by atoms with E-state index in [1.807, 2.05) is 46.2 Å². The monoisotopic (exact) mass is 653 g/mol. The number of allylic oxidation sites excluding steroid dienone is 1. The maximum atomic E-state index is 14.6. The summed E-state index contributed by atoms with van der Waals surface area (Å²) in [5.74, 6) is 0.0518. The molecule has 0 saturated carbocycles. The SMILES string of the molecule is CC(C)C1=C(C(=O)N2[C@H](C)CC[C@H]2C(=O)N2CCN(C)C(C)C2)SC2=N[C@@](C)(c3ccc(Cl)cc3)[C@@H](c3ccc(Cl)cc3)N21. The number of halogens is 2. The summed E-state index contributed by atoms with van der Waals surface area (Å²) < 4.78 is 0. The first kappa shape index (κ1) is 31.5. The maximum Gasteiger partial charge on any atom is 0.263 e. The molecule has 0 aromatic heterocycles. The van der Waals surface area contributed by atoms with Gasteiger partial charge in [0, 0.05) is 47.5 Å². The predicted octanol–water partition coefficient (Wildman–Crippen LogP) is 6.78. The lowest BCUT2D eigenvalue weighted by Crippen LogP contribution is -2.57. The average Bonchev–Trinajstić information content (AvgIpc) is 3.64. The molecule has 6 rings (SSSR count). The summed E-state index contributed by atoms with van der Waals surface area (Å²) in [5.41, 5.74) is 2.42. The van der Waals surface area contributed by atoms with Crippen molar-refractivity contribution in [3.05, 3.63) is 80.3 Å². The van der Waals surface area contributed by atoms with Gasteiger partial charge in [-0.15, -0.1) is 0 Å². The number of nitrogens with zero attached hydrogens (tertiary/aromatic N) is 5. The van der Waals surface area contributed by atoms with Crippen molar-refractivity contribution in [3.63, 3.8) is 0 Å². The number of aliphatic imine (C=N–C) groups is 1. The van der Waals surface area contributed by atoms with Crippen molar-refractivity contribution in [2.24, 2.45) is 10.9 Å². The predicted molar refractivity (Wildman–Crippen MR) is 180 cm³/mol. The van der Waals surface area contributed by atoms with Gasteiger partial charge in [0.25, 0.3) is 5.91 Å². The van der Waals surface area contributed by atoms with E-state index in [2.05, 4.69) is 63.6 Å². The third-order valence-corrected chi connectivity index (χ3v) is 11.4. The van der Waals surface area contributed by atoms with E-state index in [1.54, 1.807) is 0 Å². The normalized spacial score (nSPS) is 29.1. The minimum absolute atomic E-state index is 0.0216. The lowest BCUT2D eigenvalue weighted by Gasteiger charge is -2.40. The van der Waals surface area contributed by atoms with Crippen molar-refractivity contribution in [2.45, 2.75) is 77.2 Å². The minimum Gasteiger partial charge on any atom is -0.338 e. The zero-order chi connectivity index (χ0) is 31.5. The highest BCUT2D eigenvalue weighted by molar-refractivity contribution is 8.18. The first-order valence-corrected chi connectivity index (χ1v) is 17.1. The van der Waals surface area contributed by atoms with Crippen LogP contribution in [-0.4, -0.2) is 81.4 Å². The third kappa shape index (κ3) is 5.36. The number of likely N-dealkylation sites (N-methyl/N-ethyl adjacent to an activating group) is 1. The van der Waals surface area contributed by atoms with Gasteiger partial charge in [0.1, 0.15) is 16.5 Å². The second-order valence-electron chi connectivity index (χ2n) is 13.1. The van der Waals surface area contributed by atoms with Gasteiger partial charge in [-0.25, -0.2) is 4.99 Å². The highest BCUT2D eigenvalue weighted by Gasteiger charge is 2.54. The van der Waals surface area contributed by atoms with Gasteiger partial charge in [-0.2, -0.15) is 0 Å². The van der Waals surface area contributed by atoms with E-state index in [1.165, 1.54) is 11.8 Å². The smallest absolute Gasteiger partial charge is 0.263 e. The minimum atomic E-state index is -0.632. The molecule has 234 valence electrons. The molecular formula is C34H41Cl2N5O2S. The van der Waals surface area contributed by atoms with Gasteiger partial charge in [0.05, 0.1) is 6.04 Å². The van der Waals surface area contributed by atoms with Gasteiger partial charge in [-0.3, -0.25) is 9.59 Å². The second-order valence-corrected chi connectivity index (χ2v) is 15.0. The Morgan fingerprint density at radius 3 is 2.20 bits per heavy atom. The molecule has 2 aromatic carbocycles. The van der Waals surface area contributed by atoms with Crippen LogP contribution in [0.25, 0.3) is 0 Å². The average molecular weight is 655 g/mol. The van der Waals surface area contributed by atoms with Crippen LogP contribution in [0.5, 0.6) is 0 Å². The molecule has 0 N–H and O–H groups in total. The van der Waals surface area contributed by atoms with E-state index in [9.17, 15) is 9.59 Å². The van der Waals surface area contributed by atoms with Crippen molar-refractivity contribution in [1.29, 1.82) is 0 Å². The number of thioether (sulfide) groups is 1. The van der Waals surface area contributed by atoms with E-state index < -0.39 is 11.6 Å². The molecule has 0 spiro atoms. The topological polar surface area (TPSA) is 59.5 Å². The van der Waals surface area contributed by atoms with E-state index in [0.29, 0.717) is 40.5 Å². The second kappa shape index (κ2) is 12.0. The van der Waals surface area contributed by atoms with Gasteiger partial charge in [-0.1, -0.05) is 61.3 Å². The van der Waals surface area contributed by atoms with Crippen LogP contribution in [0, 0.1) is 5.92 Å². The van der Waals surface area contributed by atoms with E-state index in [4.69, 9.17) is 28.2 Å². The Morgan fingerprint density at radius 2 is 1.59 bits per heavy atom. The van der Waals surface area contributed by atoms with Crippen LogP contribution >= 0.6 is 35.0 Å². The van der Waals surface area contributed by atoms with Crippen molar-refractivity contribution < 1.29 is 9.59 Å². The van der Waals surface area contributed by atoms with Gasteiger partial charge in [0.2, 0.25) is 5.91 Å². The highest BCUT2D eigenvalue weighted by atomic mass is 35.5. The van der Waals surface area contributed by atoms with Crippen LogP contribution in [-0.2, 0) is 15.1 Å². The number of piperazine rings is 1. The number of benzene rings is 2. The number of carbonyl (C=O) groups is 2. The van der Waals surface area contributed by atoms with Crippen LogP contribution in [0.4, 0.5) is 0 Å². The lowest BCUT2D eigenvalue weighted by molar-refractivity contribution is -0.144. The van der Waals surface area contributed by atoms with Crippen LogP contribution in [0.1, 0.15) is 64.6 Å². The van der Waals surface area contributed by atoms with Crippen LogP contribution in [0.2, 0.25) is 10.0 Å². The maximum absolute atomic E-state index is 14.6. The Morgan fingerprint density at radius 1 is 0.955 bits per heavy atom. The van der Waals surface area contributed by atoms with Crippen LogP contribution in [0.15, 0.2) is 64.1 Å². The summed E-state index contributed by atoms with van der Waals surface area (Å²) in [6.07, 6.45) is 1.50. The van der Waals surface area contributed by atoms with Crippen molar-refractivity contribution in [3.8, 4) is 0 Å². The summed E-state index contributed by atoms with van der Waals surface area (Å²) >= 11 is 14.0. The van der Waals surface area contributed by atoms with Crippen LogP contribution < -0.4 is 0 Å². The molecule has 0 bridgehead atoms. The Hall–Kier alpha value is -2.52. The molecule has 2 amide bonds. The van der Waals surface area contributed by atoms with E-state index in [0.717, 1.165) is 35.0 Å². The Kier molecular flexibility index (Phi) is 8.59. The van der Waals surface area contributed by atoms with Crippen molar-refractivity contribution >= 4 is 51.9 Å². The summed E-state index contributed by atoms with van der Waals surface area (Å²) in [6, 6.07) is 15.4. The molecule has 4 heterocycles. The zero-order valence-corrected chi connectivity index (χ0v) is 28.6. The molecule has 5 atom stereocenters. The fourth-order valence-electron chi connectivity index (χ4n) is 7.21. The lowest BCUT2D eigenvalue weighted by atomic mass is 9.81. The largest absolute Gasteiger partial charge is 0.338 e. The van der Waals surface area contributed by atoms with Crippen molar-refractivity contribution in [1.82, 2.24) is 19.6 Å². The molecular weight excluding hydrogens is 613 g/mol. The molecule has 2 saturated heterocycles. The summed E-state index contributed by atoms with van der Waals surface area (Å²) in [7, 11) is 2.10. The van der Waals surface area contributed by atoms with Crippen molar-refractivity contribution in [2.75, 3.05) is 26.7 Å². The highest BCUT2D eigenvalue weighted by Crippen LogP contribution is 2.56. The van der Waals surface area contributed by atoms with Gasteiger partial charge < -0.3 is 19.6 Å². The quantitative estimate of drug-likeness (QED) is 0.356. The standard InChI is InChI=1S/C34H41Cl2N5O2S/c1-20(2)28-29(32(43)40-21(3)7-16-27(40)31(42)39-18-17-38(6)22(4)19-39)44-33-37-34(5,24-10-14-26(36)15-11-24)30(41(28)33)23-8-12-25(35)13-9-23/h8-15,20-22,27,30H,7,16-19H2,1-6H3/t21-,22?,27+,30-,34+/m1/s1. The third-order valence-electron chi connectivity index (χ3n) is 9.83. The number of hydrogen-bond acceptors (Lipinski definition) is 6. The molecule has 1 unspecified atom stereocenters. The fourth-order valence-corrected chi connectivity index (χ4v) is 8.81. The number of rotatable bonds is 5. The molecule has 7 nitrogen and oxygen atoms in total. The number of amides is 2. The Labute approximate surface area is 275 Å². The molecule has 10 heteroatoms. The number of carbonyl (C=O) groups excluding carboxylic acids is 2. The molecule has 44 heavy (non-hydrogen) atoms. The number of amidine groups is 1. The van der Waals surface area contributed by atoms with E-state index >= 15 is 0 Å². The number of hydrogen-bond donors (Lipinski definition) is 0. The van der Waals surface area contributed by atoms with Gasteiger partial charge in [-0.05, 0) is 93.7 Å². The summed E-state index contributed by atoms with van der Waals surface area (Å²) in [4.78, 5) is 42.9. The Balaban J connectivity index is 1.38. The fraction of sp³-hybridized carbons (Fsp3) is 0.500. The van der Waals surface area contributed by atoms with E-state index in [-0.39, 0.29) is 29.8 Å².